The van der Waals surface area contributed by atoms with Gasteiger partial charge in [0.2, 0.25) is 11.8 Å². The van der Waals surface area contributed by atoms with Crippen LogP contribution in [-0.4, -0.2) is 51.4 Å². The molecule has 0 saturated carbocycles. The molecule has 0 aliphatic heterocycles. The number of anilines is 1. The molecule has 8 nitrogen and oxygen atoms in total. The number of carbonyl (C=O) groups is 2. The van der Waals surface area contributed by atoms with E-state index in [0.717, 1.165) is 22.7 Å². The van der Waals surface area contributed by atoms with Crippen molar-refractivity contribution in [3.8, 4) is 5.75 Å². The first kappa shape index (κ1) is 33.6. The first-order chi connectivity index (χ1) is 21.7. The van der Waals surface area contributed by atoms with E-state index in [1.165, 1.54) is 24.1 Å². The van der Waals surface area contributed by atoms with Crippen molar-refractivity contribution < 1.29 is 22.7 Å². The predicted molar refractivity (Wildman–Crippen MR) is 178 cm³/mol. The molecule has 4 rings (SSSR count). The Morgan fingerprint density at radius 2 is 1.51 bits per heavy atom. The number of nitrogens with zero attached hydrogens (tertiary/aromatic N) is 2. The summed E-state index contributed by atoms with van der Waals surface area (Å²) < 4.78 is 34.4. The SMILES string of the molecule is CCCCNC(=O)[C@@H](Cc1ccccc1)N(Cc1cccc(Cl)c1)C(=O)CN(c1ccccc1)S(=O)(=O)c1ccc(OC)cc1. The van der Waals surface area contributed by atoms with Gasteiger partial charge in [-0.25, -0.2) is 8.42 Å². The van der Waals surface area contributed by atoms with Crippen molar-refractivity contribution in [1.29, 1.82) is 0 Å². The lowest BCUT2D eigenvalue weighted by molar-refractivity contribution is -0.140. The van der Waals surface area contributed by atoms with Gasteiger partial charge in [-0.15, -0.1) is 0 Å². The highest BCUT2D eigenvalue weighted by Crippen LogP contribution is 2.26. The molecule has 0 saturated heterocycles. The van der Waals surface area contributed by atoms with E-state index in [1.807, 2.05) is 43.3 Å². The van der Waals surface area contributed by atoms with Crippen LogP contribution in [0.4, 0.5) is 5.69 Å². The molecule has 0 aromatic heterocycles. The van der Waals surface area contributed by atoms with Crippen LogP contribution < -0.4 is 14.4 Å². The summed E-state index contributed by atoms with van der Waals surface area (Å²) in [5, 5.41) is 3.47. The number of para-hydroxylation sites is 1. The summed E-state index contributed by atoms with van der Waals surface area (Å²) >= 11 is 6.30. The predicted octanol–water partition coefficient (Wildman–Crippen LogP) is 6.10. The summed E-state index contributed by atoms with van der Waals surface area (Å²) in [6.07, 6.45) is 1.92. The number of amides is 2. The van der Waals surface area contributed by atoms with Gasteiger partial charge in [0.1, 0.15) is 18.3 Å². The lowest BCUT2D eigenvalue weighted by atomic mass is 10.0. The van der Waals surface area contributed by atoms with Gasteiger partial charge < -0.3 is 15.0 Å². The Morgan fingerprint density at radius 1 is 0.867 bits per heavy atom. The second-order valence-electron chi connectivity index (χ2n) is 10.5. The van der Waals surface area contributed by atoms with Gasteiger partial charge in [-0.05, 0) is 66.1 Å². The summed E-state index contributed by atoms with van der Waals surface area (Å²) in [5.41, 5.74) is 1.89. The molecule has 1 N–H and O–H groups in total. The van der Waals surface area contributed by atoms with E-state index in [2.05, 4.69) is 5.32 Å². The van der Waals surface area contributed by atoms with Crippen LogP contribution >= 0.6 is 11.6 Å². The summed E-state index contributed by atoms with van der Waals surface area (Å²) in [5.74, 6) is -0.351. The van der Waals surface area contributed by atoms with Crippen LogP contribution in [0.3, 0.4) is 0 Å². The lowest BCUT2D eigenvalue weighted by Crippen LogP contribution is -2.53. The third-order valence-electron chi connectivity index (χ3n) is 7.31. The maximum absolute atomic E-state index is 14.4. The largest absolute Gasteiger partial charge is 0.497 e. The van der Waals surface area contributed by atoms with Crippen molar-refractivity contribution in [2.75, 3.05) is 24.5 Å². The molecule has 0 aliphatic rings. The zero-order valence-corrected chi connectivity index (χ0v) is 27.0. The van der Waals surface area contributed by atoms with Crippen molar-refractivity contribution in [1.82, 2.24) is 10.2 Å². The van der Waals surface area contributed by atoms with Crippen molar-refractivity contribution in [2.24, 2.45) is 0 Å². The molecule has 10 heteroatoms. The summed E-state index contributed by atoms with van der Waals surface area (Å²) in [4.78, 5) is 29.7. The smallest absolute Gasteiger partial charge is 0.264 e. The van der Waals surface area contributed by atoms with Crippen LogP contribution in [0.25, 0.3) is 0 Å². The molecule has 4 aromatic carbocycles. The van der Waals surface area contributed by atoms with E-state index < -0.39 is 28.5 Å². The Kier molecular flexibility index (Phi) is 12.0. The van der Waals surface area contributed by atoms with E-state index in [0.29, 0.717) is 28.6 Å². The summed E-state index contributed by atoms with van der Waals surface area (Å²) in [6.45, 7) is 2.00. The molecule has 4 aromatic rings. The van der Waals surface area contributed by atoms with E-state index in [9.17, 15) is 18.0 Å². The second kappa shape index (κ2) is 16.1. The number of halogens is 1. The fourth-order valence-electron chi connectivity index (χ4n) is 4.89. The highest BCUT2D eigenvalue weighted by molar-refractivity contribution is 7.92. The van der Waals surface area contributed by atoms with Crippen LogP contribution in [0.5, 0.6) is 5.75 Å². The molecule has 0 spiro atoms. The van der Waals surface area contributed by atoms with Gasteiger partial charge >= 0.3 is 0 Å². The highest BCUT2D eigenvalue weighted by atomic mass is 35.5. The number of benzene rings is 4. The van der Waals surface area contributed by atoms with Gasteiger partial charge in [0, 0.05) is 24.5 Å². The number of hydrogen-bond donors (Lipinski definition) is 1. The fraction of sp³-hybridized carbons (Fsp3) is 0.257. The number of sulfonamides is 1. The third-order valence-corrected chi connectivity index (χ3v) is 9.34. The van der Waals surface area contributed by atoms with Crippen LogP contribution in [-0.2, 0) is 32.6 Å². The van der Waals surface area contributed by atoms with E-state index >= 15 is 0 Å². The fourth-order valence-corrected chi connectivity index (χ4v) is 6.52. The molecule has 0 aliphatic carbocycles. The minimum absolute atomic E-state index is 0.000474. The van der Waals surface area contributed by atoms with Gasteiger partial charge in [-0.3, -0.25) is 13.9 Å². The van der Waals surface area contributed by atoms with E-state index in [4.69, 9.17) is 16.3 Å². The molecule has 2 amide bonds. The minimum atomic E-state index is -4.20. The van der Waals surface area contributed by atoms with Crippen molar-refractivity contribution in [2.45, 2.75) is 43.7 Å². The van der Waals surface area contributed by atoms with E-state index in [1.54, 1.807) is 60.7 Å². The standard InChI is InChI=1S/C35H38ClN3O5S/c1-3-4-22-37-35(41)33(24-27-12-7-5-8-13-27)38(25-28-14-11-15-29(36)23-28)34(40)26-39(30-16-9-6-10-17-30)45(42,43)32-20-18-31(44-2)19-21-32/h5-21,23,33H,3-4,22,24-26H2,1-2H3,(H,37,41)/t33-/m1/s1. The first-order valence-electron chi connectivity index (χ1n) is 14.8. The number of unbranched alkanes of at least 4 members (excludes halogenated alkanes) is 1. The van der Waals surface area contributed by atoms with Gasteiger partial charge in [0.05, 0.1) is 17.7 Å². The molecule has 0 fully saturated rings. The monoisotopic (exact) mass is 647 g/mol. The Labute approximate surface area is 270 Å². The summed E-state index contributed by atoms with van der Waals surface area (Å²) in [6, 6.07) is 30.0. The van der Waals surface area contributed by atoms with Gasteiger partial charge in [0.25, 0.3) is 10.0 Å². The molecule has 0 radical (unpaired) electrons. The molecule has 1 atom stereocenters. The van der Waals surface area contributed by atoms with Crippen molar-refractivity contribution >= 4 is 39.1 Å². The zero-order chi connectivity index (χ0) is 32.2. The van der Waals surface area contributed by atoms with Crippen molar-refractivity contribution in [3.63, 3.8) is 0 Å². The second-order valence-corrected chi connectivity index (χ2v) is 12.8. The van der Waals surface area contributed by atoms with Crippen LogP contribution in [0.15, 0.2) is 114 Å². The molecule has 0 unspecified atom stereocenters. The molecule has 0 heterocycles. The molecular weight excluding hydrogens is 610 g/mol. The zero-order valence-electron chi connectivity index (χ0n) is 25.4. The number of methoxy groups -OCH3 is 1. The lowest BCUT2D eigenvalue weighted by Gasteiger charge is -2.34. The van der Waals surface area contributed by atoms with Gasteiger partial charge in [-0.1, -0.05) is 85.6 Å². The Hall–Kier alpha value is -4.34. The summed E-state index contributed by atoms with van der Waals surface area (Å²) in [7, 11) is -2.70. The number of nitrogens with one attached hydrogen (secondary N) is 1. The van der Waals surface area contributed by atoms with Crippen LogP contribution in [0.1, 0.15) is 30.9 Å². The maximum Gasteiger partial charge on any atom is 0.264 e. The Morgan fingerprint density at radius 3 is 2.13 bits per heavy atom. The average Bonchev–Trinajstić information content (AvgIpc) is 3.06. The third kappa shape index (κ3) is 9.09. The topological polar surface area (TPSA) is 96.0 Å². The number of ether oxygens (including phenoxy) is 1. The average molecular weight is 648 g/mol. The molecular formula is C35H38ClN3O5S. The van der Waals surface area contributed by atoms with Gasteiger partial charge in [0.15, 0.2) is 0 Å². The number of rotatable bonds is 15. The molecule has 236 valence electrons. The normalized spacial score (nSPS) is 11.8. The molecule has 45 heavy (non-hydrogen) atoms. The first-order valence-corrected chi connectivity index (χ1v) is 16.6. The maximum atomic E-state index is 14.4. The number of hydrogen-bond acceptors (Lipinski definition) is 5. The Bertz CT molecular complexity index is 1650. The van der Waals surface area contributed by atoms with Crippen LogP contribution in [0, 0.1) is 0 Å². The van der Waals surface area contributed by atoms with Crippen molar-refractivity contribution in [3.05, 3.63) is 125 Å². The highest BCUT2D eigenvalue weighted by Gasteiger charge is 2.34. The van der Waals surface area contributed by atoms with Crippen LogP contribution in [0.2, 0.25) is 5.02 Å². The number of carbonyl (C=O) groups excluding carboxylic acids is 2. The van der Waals surface area contributed by atoms with Gasteiger partial charge in [-0.2, -0.15) is 0 Å². The quantitative estimate of drug-likeness (QED) is 0.157. The Balaban J connectivity index is 1.77. The van der Waals surface area contributed by atoms with E-state index in [-0.39, 0.29) is 23.8 Å². The molecule has 0 bridgehead atoms. The minimum Gasteiger partial charge on any atom is -0.497 e.